The number of carbonyl (C=O) groups excluding carboxylic acids is 1. The summed E-state index contributed by atoms with van der Waals surface area (Å²) in [4.78, 5) is 14.5. The predicted octanol–water partition coefficient (Wildman–Crippen LogP) is 2.58. The van der Waals surface area contributed by atoms with Crippen molar-refractivity contribution >= 4 is 34.5 Å². The quantitative estimate of drug-likeness (QED) is 0.840. The van der Waals surface area contributed by atoms with E-state index in [0.29, 0.717) is 12.2 Å². The van der Waals surface area contributed by atoms with Crippen molar-refractivity contribution in [3.05, 3.63) is 51.4 Å². The molecule has 1 aromatic carbocycles. The van der Waals surface area contributed by atoms with E-state index in [1.807, 2.05) is 18.4 Å². The molecule has 1 aromatic heterocycles. The summed E-state index contributed by atoms with van der Waals surface area (Å²) in [6, 6.07) is 8.24. The lowest BCUT2D eigenvalue weighted by Crippen LogP contribution is -3.11. The lowest BCUT2D eigenvalue weighted by atomic mass is 10.3. The molecule has 0 fully saturated rings. The van der Waals surface area contributed by atoms with Crippen LogP contribution in [0.4, 0.5) is 10.1 Å². The molecule has 0 saturated carbocycles. The second-order valence-electron chi connectivity index (χ2n) is 4.71. The van der Waals surface area contributed by atoms with Gasteiger partial charge in [0.1, 0.15) is 12.4 Å². The van der Waals surface area contributed by atoms with E-state index in [1.54, 1.807) is 11.3 Å². The second-order valence-corrected chi connectivity index (χ2v) is 6.15. The standard InChI is InChI=1S/C15H16ClFN2OS/c1-2-19(9-12-4-3-7-21-12)10-15(20)18-11-5-6-14(17)13(16)8-11/h3-8H,2,9-10H2,1H3,(H,18,20)/p+1. The van der Waals surface area contributed by atoms with Gasteiger partial charge in [0.15, 0.2) is 6.54 Å². The highest BCUT2D eigenvalue weighted by atomic mass is 35.5. The van der Waals surface area contributed by atoms with E-state index in [4.69, 9.17) is 11.6 Å². The maximum atomic E-state index is 13.1. The van der Waals surface area contributed by atoms with Crippen molar-refractivity contribution in [1.82, 2.24) is 0 Å². The summed E-state index contributed by atoms with van der Waals surface area (Å²) in [6.07, 6.45) is 0. The molecule has 0 saturated heterocycles. The third kappa shape index (κ3) is 4.81. The van der Waals surface area contributed by atoms with Crippen LogP contribution in [0.25, 0.3) is 0 Å². The van der Waals surface area contributed by atoms with E-state index in [2.05, 4.69) is 11.4 Å². The van der Waals surface area contributed by atoms with Crippen LogP contribution in [-0.4, -0.2) is 19.0 Å². The Morgan fingerprint density at radius 1 is 1.43 bits per heavy atom. The molecule has 3 nitrogen and oxygen atoms in total. The maximum absolute atomic E-state index is 13.1. The number of amides is 1. The van der Waals surface area contributed by atoms with Crippen LogP contribution in [-0.2, 0) is 11.3 Å². The van der Waals surface area contributed by atoms with Crippen LogP contribution < -0.4 is 10.2 Å². The number of thiophene rings is 1. The molecule has 0 aliphatic heterocycles. The van der Waals surface area contributed by atoms with Gasteiger partial charge in [0.05, 0.1) is 16.4 Å². The number of quaternary nitrogens is 1. The van der Waals surface area contributed by atoms with Gasteiger partial charge in [-0.2, -0.15) is 0 Å². The van der Waals surface area contributed by atoms with Gasteiger partial charge in [-0.3, -0.25) is 4.79 Å². The molecule has 1 unspecified atom stereocenters. The first kappa shape index (κ1) is 15.9. The molecular weight excluding hydrogens is 311 g/mol. The van der Waals surface area contributed by atoms with Gasteiger partial charge in [-0.05, 0) is 36.6 Å². The van der Waals surface area contributed by atoms with Crippen LogP contribution in [0.5, 0.6) is 0 Å². The molecule has 1 amide bonds. The normalized spacial score (nSPS) is 12.1. The first-order valence-corrected chi connectivity index (χ1v) is 7.95. The van der Waals surface area contributed by atoms with Crippen LogP contribution >= 0.6 is 22.9 Å². The van der Waals surface area contributed by atoms with E-state index in [9.17, 15) is 9.18 Å². The van der Waals surface area contributed by atoms with Crippen molar-refractivity contribution in [3.63, 3.8) is 0 Å². The van der Waals surface area contributed by atoms with Crippen LogP contribution in [0.1, 0.15) is 11.8 Å². The Balaban J connectivity index is 1.91. The molecule has 21 heavy (non-hydrogen) atoms. The fourth-order valence-corrected chi connectivity index (χ4v) is 2.94. The molecule has 2 rings (SSSR count). The molecule has 6 heteroatoms. The van der Waals surface area contributed by atoms with Crippen LogP contribution in [0.2, 0.25) is 5.02 Å². The molecule has 112 valence electrons. The van der Waals surface area contributed by atoms with Gasteiger partial charge >= 0.3 is 0 Å². The average Bonchev–Trinajstić information content (AvgIpc) is 2.95. The summed E-state index contributed by atoms with van der Waals surface area (Å²) in [7, 11) is 0. The van der Waals surface area contributed by atoms with Crippen LogP contribution in [0, 0.1) is 5.82 Å². The highest BCUT2D eigenvalue weighted by Gasteiger charge is 2.14. The third-order valence-electron chi connectivity index (χ3n) is 3.12. The van der Waals surface area contributed by atoms with Crippen molar-refractivity contribution in [3.8, 4) is 0 Å². The van der Waals surface area contributed by atoms with E-state index in [0.717, 1.165) is 13.1 Å². The highest BCUT2D eigenvalue weighted by Crippen LogP contribution is 2.19. The number of hydrogen-bond acceptors (Lipinski definition) is 2. The van der Waals surface area contributed by atoms with E-state index >= 15 is 0 Å². The minimum Gasteiger partial charge on any atom is -0.323 e. The first-order valence-electron chi connectivity index (χ1n) is 6.69. The summed E-state index contributed by atoms with van der Waals surface area (Å²) in [5, 5.41) is 4.78. The highest BCUT2D eigenvalue weighted by molar-refractivity contribution is 7.09. The molecule has 0 radical (unpaired) electrons. The summed E-state index contributed by atoms with van der Waals surface area (Å²) < 4.78 is 13.1. The molecule has 0 bridgehead atoms. The predicted molar refractivity (Wildman–Crippen MR) is 84.4 cm³/mol. The number of likely N-dealkylation sites (N-methyl/N-ethyl adjacent to an activating group) is 1. The van der Waals surface area contributed by atoms with Gasteiger partial charge in [0.2, 0.25) is 0 Å². The summed E-state index contributed by atoms with van der Waals surface area (Å²) >= 11 is 7.38. The van der Waals surface area contributed by atoms with Crippen molar-refractivity contribution in [2.75, 3.05) is 18.4 Å². The van der Waals surface area contributed by atoms with Crippen molar-refractivity contribution in [1.29, 1.82) is 0 Å². The SMILES string of the molecule is CC[NH+](CC(=O)Nc1ccc(F)c(Cl)c1)Cc1cccs1. The lowest BCUT2D eigenvalue weighted by Gasteiger charge is -2.16. The topological polar surface area (TPSA) is 33.5 Å². The van der Waals surface area contributed by atoms with Crippen LogP contribution in [0.15, 0.2) is 35.7 Å². The Morgan fingerprint density at radius 2 is 2.24 bits per heavy atom. The molecule has 1 atom stereocenters. The molecule has 2 aromatic rings. The minimum atomic E-state index is -0.492. The Hall–Kier alpha value is -1.43. The number of rotatable bonds is 6. The zero-order valence-corrected chi connectivity index (χ0v) is 13.2. The van der Waals surface area contributed by atoms with Crippen molar-refractivity contribution in [2.24, 2.45) is 0 Å². The number of carbonyl (C=O) groups is 1. The molecule has 0 aliphatic carbocycles. The average molecular weight is 328 g/mol. The van der Waals surface area contributed by atoms with Gasteiger partial charge in [0, 0.05) is 5.69 Å². The minimum absolute atomic E-state index is 0.00563. The second kappa shape index (κ2) is 7.54. The fourth-order valence-electron chi connectivity index (χ4n) is 1.98. The first-order chi connectivity index (χ1) is 10.1. The van der Waals surface area contributed by atoms with Gasteiger partial charge in [-0.15, -0.1) is 11.3 Å². The smallest absolute Gasteiger partial charge is 0.279 e. The summed E-state index contributed by atoms with van der Waals surface area (Å²) in [5.74, 6) is -0.598. The van der Waals surface area contributed by atoms with Gasteiger partial charge in [-0.1, -0.05) is 17.7 Å². The van der Waals surface area contributed by atoms with Gasteiger partial charge in [0.25, 0.3) is 5.91 Å². The number of benzene rings is 1. The summed E-state index contributed by atoms with van der Waals surface area (Å²) in [6.45, 7) is 4.09. The lowest BCUT2D eigenvalue weighted by molar-refractivity contribution is -0.903. The van der Waals surface area contributed by atoms with Gasteiger partial charge in [-0.25, -0.2) is 4.39 Å². The molecule has 0 aliphatic rings. The number of nitrogens with one attached hydrogen (secondary N) is 2. The van der Waals surface area contributed by atoms with E-state index < -0.39 is 5.82 Å². The number of anilines is 1. The fraction of sp³-hybridized carbons (Fsp3) is 0.267. The largest absolute Gasteiger partial charge is 0.323 e. The van der Waals surface area contributed by atoms with Crippen LogP contribution in [0.3, 0.4) is 0 Å². The monoisotopic (exact) mass is 327 g/mol. The van der Waals surface area contributed by atoms with Gasteiger partial charge < -0.3 is 10.2 Å². The van der Waals surface area contributed by atoms with Crippen molar-refractivity contribution in [2.45, 2.75) is 13.5 Å². The van der Waals surface area contributed by atoms with Crippen molar-refractivity contribution < 1.29 is 14.1 Å². The molecular formula is C15H17ClFN2OS+. The Morgan fingerprint density at radius 3 is 2.86 bits per heavy atom. The maximum Gasteiger partial charge on any atom is 0.279 e. The zero-order chi connectivity index (χ0) is 15.2. The zero-order valence-electron chi connectivity index (χ0n) is 11.7. The molecule has 1 heterocycles. The molecule has 2 N–H and O–H groups in total. The Labute approximate surface area is 132 Å². The molecule has 0 spiro atoms. The van der Waals surface area contributed by atoms with E-state index in [1.165, 1.54) is 28.0 Å². The number of halogens is 2. The van der Waals surface area contributed by atoms with E-state index in [-0.39, 0.29) is 10.9 Å². The summed E-state index contributed by atoms with van der Waals surface area (Å²) in [5.41, 5.74) is 0.512. The Bertz CT molecular complexity index is 604. The Kier molecular flexibility index (Phi) is 5.73. The number of hydrogen-bond donors (Lipinski definition) is 2. The third-order valence-corrected chi connectivity index (χ3v) is 4.28.